The van der Waals surface area contributed by atoms with Crippen molar-refractivity contribution in [1.29, 1.82) is 0 Å². The maximum Gasteiger partial charge on any atom is 0.511 e. The first-order chi connectivity index (χ1) is 16.1. The lowest BCUT2D eigenvalue weighted by atomic mass is 10.1. The van der Waals surface area contributed by atoms with Crippen molar-refractivity contribution in [3.8, 4) is 23.0 Å². The van der Waals surface area contributed by atoms with E-state index in [1.54, 1.807) is 6.07 Å². The maximum absolute atomic E-state index is 10.9. The van der Waals surface area contributed by atoms with Crippen molar-refractivity contribution in [3.05, 3.63) is 12.1 Å². The van der Waals surface area contributed by atoms with Gasteiger partial charge in [0, 0.05) is 0 Å². The van der Waals surface area contributed by atoms with Gasteiger partial charge in [0.25, 0.3) is 0 Å². The SMILES string of the molecule is CCCCCCCCCCOc1ccc(OC(=O)O)c(O)c1OCCCCCCCCCC. The van der Waals surface area contributed by atoms with E-state index in [0.29, 0.717) is 19.0 Å². The molecule has 0 spiro atoms. The molecule has 0 aliphatic carbocycles. The molecule has 0 saturated heterocycles. The van der Waals surface area contributed by atoms with Gasteiger partial charge in [0.2, 0.25) is 11.5 Å². The number of aromatic hydroxyl groups is 1. The molecule has 0 unspecified atom stereocenters. The predicted octanol–water partition coefficient (Wildman–Crippen LogP) is 8.49. The molecule has 0 fully saturated rings. The minimum Gasteiger partial charge on any atom is -0.502 e. The first kappa shape index (κ1) is 28.9. The first-order valence-electron chi connectivity index (χ1n) is 13.1. The smallest absolute Gasteiger partial charge is 0.502 e. The zero-order valence-corrected chi connectivity index (χ0v) is 20.9. The molecule has 6 heteroatoms. The number of carboxylic acid groups (broad SMARTS) is 1. The lowest BCUT2D eigenvalue weighted by Crippen LogP contribution is -2.06. The summed E-state index contributed by atoms with van der Waals surface area (Å²) in [5.74, 6) is 0.113. The number of unbranched alkanes of at least 4 members (excludes halogenated alkanes) is 14. The number of phenolic OH excluding ortho intramolecular Hbond substituents is 1. The van der Waals surface area contributed by atoms with E-state index in [1.807, 2.05) is 0 Å². The zero-order valence-electron chi connectivity index (χ0n) is 20.9. The van der Waals surface area contributed by atoms with Gasteiger partial charge in [0.05, 0.1) is 13.2 Å². The highest BCUT2D eigenvalue weighted by Crippen LogP contribution is 2.43. The summed E-state index contributed by atoms with van der Waals surface area (Å²) < 4.78 is 16.3. The van der Waals surface area contributed by atoms with Crippen molar-refractivity contribution in [2.45, 2.75) is 117 Å². The van der Waals surface area contributed by atoms with E-state index in [9.17, 15) is 9.90 Å². The third-order valence-corrected chi connectivity index (χ3v) is 5.76. The van der Waals surface area contributed by atoms with Crippen LogP contribution in [-0.2, 0) is 0 Å². The first-order valence-corrected chi connectivity index (χ1v) is 13.1. The molecule has 0 heterocycles. The number of benzene rings is 1. The van der Waals surface area contributed by atoms with E-state index in [1.165, 1.54) is 83.1 Å². The average Bonchev–Trinajstić information content (AvgIpc) is 2.79. The van der Waals surface area contributed by atoms with Crippen LogP contribution >= 0.6 is 0 Å². The molecule has 0 amide bonds. The monoisotopic (exact) mass is 466 g/mol. The Morgan fingerprint density at radius 2 is 1.09 bits per heavy atom. The van der Waals surface area contributed by atoms with Crippen LogP contribution in [0.4, 0.5) is 4.79 Å². The molecule has 0 aliphatic heterocycles. The Morgan fingerprint density at radius 3 is 1.58 bits per heavy atom. The van der Waals surface area contributed by atoms with Gasteiger partial charge >= 0.3 is 6.16 Å². The third-order valence-electron chi connectivity index (χ3n) is 5.76. The van der Waals surface area contributed by atoms with Crippen molar-refractivity contribution in [1.82, 2.24) is 0 Å². The Hall–Kier alpha value is -2.11. The summed E-state index contributed by atoms with van der Waals surface area (Å²) in [7, 11) is 0. The number of phenols is 1. The molecule has 2 N–H and O–H groups in total. The van der Waals surface area contributed by atoms with Crippen LogP contribution < -0.4 is 14.2 Å². The van der Waals surface area contributed by atoms with Crippen LogP contribution in [0.5, 0.6) is 23.0 Å². The summed E-state index contributed by atoms with van der Waals surface area (Å²) in [6, 6.07) is 3.00. The fourth-order valence-corrected chi connectivity index (χ4v) is 3.79. The summed E-state index contributed by atoms with van der Waals surface area (Å²) in [5, 5.41) is 19.4. The second-order valence-corrected chi connectivity index (χ2v) is 8.75. The minimum absolute atomic E-state index is 0.146. The summed E-state index contributed by atoms with van der Waals surface area (Å²) >= 11 is 0. The molecule has 0 atom stereocenters. The van der Waals surface area contributed by atoms with Crippen LogP contribution in [0.25, 0.3) is 0 Å². The molecule has 1 aromatic rings. The normalized spacial score (nSPS) is 10.8. The molecule has 0 saturated carbocycles. The largest absolute Gasteiger partial charge is 0.511 e. The summed E-state index contributed by atoms with van der Waals surface area (Å²) in [5.41, 5.74) is 0. The standard InChI is InChI=1S/C27H46O6/c1-3-5-7-9-11-13-15-17-21-31-24-20-19-23(33-27(29)30)25(28)26(24)32-22-18-16-14-12-10-8-6-4-2/h19-20,28H,3-18,21-22H2,1-2H3,(H,29,30). The highest BCUT2D eigenvalue weighted by atomic mass is 16.7. The topological polar surface area (TPSA) is 85.2 Å². The predicted molar refractivity (Wildman–Crippen MR) is 133 cm³/mol. The average molecular weight is 467 g/mol. The number of rotatable bonds is 21. The zero-order chi connectivity index (χ0) is 24.2. The van der Waals surface area contributed by atoms with E-state index in [-0.39, 0.29) is 17.2 Å². The van der Waals surface area contributed by atoms with Crippen LogP contribution in [0, 0.1) is 0 Å². The third kappa shape index (κ3) is 13.9. The van der Waals surface area contributed by atoms with Gasteiger partial charge in [-0.1, -0.05) is 104 Å². The second-order valence-electron chi connectivity index (χ2n) is 8.75. The van der Waals surface area contributed by atoms with E-state index in [2.05, 4.69) is 18.6 Å². The lowest BCUT2D eigenvalue weighted by molar-refractivity contribution is 0.142. The van der Waals surface area contributed by atoms with Crippen molar-refractivity contribution in [2.75, 3.05) is 13.2 Å². The molecular formula is C27H46O6. The van der Waals surface area contributed by atoms with Gasteiger partial charge in [-0.05, 0) is 25.0 Å². The fraction of sp³-hybridized carbons (Fsp3) is 0.741. The van der Waals surface area contributed by atoms with Crippen molar-refractivity contribution in [2.24, 2.45) is 0 Å². The van der Waals surface area contributed by atoms with Gasteiger partial charge in [0.1, 0.15) is 0 Å². The molecule has 190 valence electrons. The quantitative estimate of drug-likeness (QED) is 0.107. The Labute approximate surface area is 200 Å². The molecule has 6 nitrogen and oxygen atoms in total. The van der Waals surface area contributed by atoms with E-state index >= 15 is 0 Å². The van der Waals surface area contributed by atoms with Crippen LogP contribution in [0.3, 0.4) is 0 Å². The second kappa shape index (κ2) is 19.4. The molecule has 33 heavy (non-hydrogen) atoms. The van der Waals surface area contributed by atoms with Gasteiger partial charge < -0.3 is 24.4 Å². The van der Waals surface area contributed by atoms with Gasteiger partial charge in [0.15, 0.2) is 11.5 Å². The van der Waals surface area contributed by atoms with Crippen molar-refractivity contribution in [3.63, 3.8) is 0 Å². The summed E-state index contributed by atoms with van der Waals surface area (Å²) in [6.45, 7) is 5.41. The number of ether oxygens (including phenoxy) is 3. The Kier molecular flexibility index (Phi) is 17.0. The molecule has 0 aliphatic rings. The molecular weight excluding hydrogens is 420 g/mol. The van der Waals surface area contributed by atoms with Gasteiger partial charge in [-0.2, -0.15) is 0 Å². The van der Waals surface area contributed by atoms with E-state index in [4.69, 9.17) is 14.6 Å². The van der Waals surface area contributed by atoms with Crippen molar-refractivity contribution < 1.29 is 29.2 Å². The number of carbonyl (C=O) groups is 1. The Morgan fingerprint density at radius 1 is 0.667 bits per heavy atom. The minimum atomic E-state index is -1.48. The summed E-state index contributed by atoms with van der Waals surface area (Å²) in [4.78, 5) is 10.9. The fourth-order valence-electron chi connectivity index (χ4n) is 3.79. The highest BCUT2D eigenvalue weighted by molar-refractivity contribution is 5.66. The molecule has 0 aromatic heterocycles. The molecule has 0 bridgehead atoms. The van der Waals surface area contributed by atoms with Crippen LogP contribution in [0.15, 0.2) is 12.1 Å². The number of hydrogen-bond donors (Lipinski definition) is 2. The molecule has 1 rings (SSSR count). The highest BCUT2D eigenvalue weighted by Gasteiger charge is 2.18. The van der Waals surface area contributed by atoms with E-state index in [0.717, 1.165) is 25.7 Å². The van der Waals surface area contributed by atoms with Gasteiger partial charge in [-0.3, -0.25) is 0 Å². The molecule has 1 aromatic carbocycles. The van der Waals surface area contributed by atoms with Gasteiger partial charge in [-0.25, -0.2) is 4.79 Å². The van der Waals surface area contributed by atoms with Crippen LogP contribution in [-0.4, -0.2) is 29.6 Å². The number of hydrogen-bond acceptors (Lipinski definition) is 5. The van der Waals surface area contributed by atoms with Crippen LogP contribution in [0.2, 0.25) is 0 Å². The Bertz CT molecular complexity index is 631. The molecule has 0 radical (unpaired) electrons. The summed E-state index contributed by atoms with van der Waals surface area (Å²) in [6.07, 6.45) is 17.7. The maximum atomic E-state index is 10.9. The van der Waals surface area contributed by atoms with E-state index < -0.39 is 6.16 Å². The van der Waals surface area contributed by atoms with Gasteiger partial charge in [-0.15, -0.1) is 0 Å². The van der Waals surface area contributed by atoms with Crippen molar-refractivity contribution >= 4 is 6.16 Å². The lowest BCUT2D eigenvalue weighted by Gasteiger charge is -2.16. The van der Waals surface area contributed by atoms with Crippen LogP contribution in [0.1, 0.15) is 117 Å². The Balaban J connectivity index is 2.45.